The third-order valence-corrected chi connectivity index (χ3v) is 3.90. The molecule has 1 amide bonds. The average molecular weight is 297 g/mol. The fourth-order valence-corrected chi connectivity index (χ4v) is 2.69. The summed E-state index contributed by atoms with van der Waals surface area (Å²) in [6, 6.07) is 15.6. The number of hydrogen-bond acceptors (Lipinski definition) is 3. The highest BCUT2D eigenvalue weighted by molar-refractivity contribution is 5.84. The molecule has 22 heavy (non-hydrogen) atoms. The summed E-state index contributed by atoms with van der Waals surface area (Å²) in [5.41, 5.74) is 1.99. The SMILES string of the molecule is CC(C(=O)N(C)Cc1ccccc1)c1cccc2c1OCO2. The van der Waals surface area contributed by atoms with Gasteiger partial charge in [0.1, 0.15) is 0 Å². The summed E-state index contributed by atoms with van der Waals surface area (Å²) in [4.78, 5) is 14.4. The van der Waals surface area contributed by atoms with Gasteiger partial charge in [0.05, 0.1) is 5.92 Å². The summed E-state index contributed by atoms with van der Waals surface area (Å²) in [5.74, 6) is 1.19. The summed E-state index contributed by atoms with van der Waals surface area (Å²) < 4.78 is 10.9. The van der Waals surface area contributed by atoms with Crippen molar-refractivity contribution >= 4 is 5.91 Å². The molecule has 0 radical (unpaired) electrons. The van der Waals surface area contributed by atoms with Crippen molar-refractivity contribution in [3.05, 3.63) is 59.7 Å². The molecule has 0 bridgehead atoms. The van der Waals surface area contributed by atoms with E-state index in [9.17, 15) is 4.79 Å². The van der Waals surface area contributed by atoms with Crippen molar-refractivity contribution < 1.29 is 14.3 Å². The number of benzene rings is 2. The predicted molar refractivity (Wildman–Crippen MR) is 83.9 cm³/mol. The zero-order valence-corrected chi connectivity index (χ0v) is 12.8. The largest absolute Gasteiger partial charge is 0.454 e. The van der Waals surface area contributed by atoms with Gasteiger partial charge >= 0.3 is 0 Å². The van der Waals surface area contributed by atoms with Crippen molar-refractivity contribution in [1.82, 2.24) is 4.90 Å². The first-order chi connectivity index (χ1) is 10.7. The van der Waals surface area contributed by atoms with Crippen LogP contribution in [0.5, 0.6) is 11.5 Å². The molecule has 0 fully saturated rings. The molecule has 1 aliphatic rings. The highest BCUT2D eigenvalue weighted by Gasteiger charge is 2.26. The fourth-order valence-electron chi connectivity index (χ4n) is 2.69. The van der Waals surface area contributed by atoms with Gasteiger partial charge in [-0.15, -0.1) is 0 Å². The van der Waals surface area contributed by atoms with Gasteiger partial charge in [0.15, 0.2) is 11.5 Å². The van der Waals surface area contributed by atoms with E-state index in [0.29, 0.717) is 18.0 Å². The molecule has 1 aliphatic heterocycles. The van der Waals surface area contributed by atoms with Gasteiger partial charge in [-0.1, -0.05) is 42.5 Å². The number of carbonyl (C=O) groups excluding carboxylic acids is 1. The van der Waals surface area contributed by atoms with Crippen LogP contribution in [-0.2, 0) is 11.3 Å². The highest BCUT2D eigenvalue weighted by Crippen LogP contribution is 2.39. The molecule has 4 nitrogen and oxygen atoms in total. The smallest absolute Gasteiger partial charge is 0.231 e. The molecule has 4 heteroatoms. The first-order valence-corrected chi connectivity index (χ1v) is 7.34. The maximum absolute atomic E-state index is 12.7. The van der Waals surface area contributed by atoms with Gasteiger partial charge in [0, 0.05) is 19.2 Å². The summed E-state index contributed by atoms with van der Waals surface area (Å²) in [5, 5.41) is 0. The third kappa shape index (κ3) is 2.77. The molecule has 3 rings (SSSR count). The van der Waals surface area contributed by atoms with Gasteiger partial charge in [0.2, 0.25) is 12.7 Å². The Morgan fingerprint density at radius 2 is 1.91 bits per heavy atom. The molecule has 0 saturated carbocycles. The molecule has 1 unspecified atom stereocenters. The second-order valence-electron chi connectivity index (χ2n) is 5.48. The van der Waals surface area contributed by atoms with Crippen molar-refractivity contribution in [3.63, 3.8) is 0 Å². The van der Waals surface area contributed by atoms with E-state index in [0.717, 1.165) is 11.1 Å². The predicted octanol–water partition coefficient (Wildman–Crippen LogP) is 3.18. The van der Waals surface area contributed by atoms with Crippen molar-refractivity contribution in [2.45, 2.75) is 19.4 Å². The van der Waals surface area contributed by atoms with Crippen LogP contribution in [0.1, 0.15) is 24.0 Å². The zero-order valence-electron chi connectivity index (χ0n) is 12.8. The molecule has 0 spiro atoms. The Morgan fingerprint density at radius 3 is 2.68 bits per heavy atom. The number of ether oxygens (including phenoxy) is 2. The molecular formula is C18H19NO3. The minimum Gasteiger partial charge on any atom is -0.454 e. The lowest BCUT2D eigenvalue weighted by atomic mass is 9.98. The lowest BCUT2D eigenvalue weighted by molar-refractivity contribution is -0.131. The third-order valence-electron chi connectivity index (χ3n) is 3.90. The number of nitrogens with zero attached hydrogens (tertiary/aromatic N) is 1. The molecule has 114 valence electrons. The van der Waals surface area contributed by atoms with E-state index >= 15 is 0 Å². The summed E-state index contributed by atoms with van der Waals surface area (Å²) in [6.45, 7) is 2.71. The highest BCUT2D eigenvalue weighted by atomic mass is 16.7. The zero-order chi connectivity index (χ0) is 15.5. The van der Waals surface area contributed by atoms with Gasteiger partial charge in [-0.3, -0.25) is 4.79 Å². The maximum Gasteiger partial charge on any atom is 0.231 e. The monoisotopic (exact) mass is 297 g/mol. The average Bonchev–Trinajstić information content (AvgIpc) is 3.03. The van der Waals surface area contributed by atoms with Crippen molar-refractivity contribution in [3.8, 4) is 11.5 Å². The standard InChI is InChI=1S/C18H19NO3/c1-13(15-9-6-10-16-17(15)22-12-21-16)18(20)19(2)11-14-7-4-3-5-8-14/h3-10,13H,11-12H2,1-2H3. The van der Waals surface area contributed by atoms with E-state index in [1.807, 2.05) is 62.5 Å². The maximum atomic E-state index is 12.7. The Balaban J connectivity index is 1.76. The second kappa shape index (κ2) is 6.10. The summed E-state index contributed by atoms with van der Waals surface area (Å²) >= 11 is 0. The molecule has 1 atom stereocenters. The molecule has 1 heterocycles. The molecule has 0 aliphatic carbocycles. The van der Waals surface area contributed by atoms with Crippen molar-refractivity contribution in [2.75, 3.05) is 13.8 Å². The number of likely N-dealkylation sites (N-methyl/N-ethyl adjacent to an activating group) is 1. The number of carbonyl (C=O) groups is 1. The van der Waals surface area contributed by atoms with Gasteiger partial charge in [-0.05, 0) is 18.6 Å². The number of amides is 1. The molecular weight excluding hydrogens is 278 g/mol. The number of rotatable bonds is 4. The van der Waals surface area contributed by atoms with Gasteiger partial charge < -0.3 is 14.4 Å². The van der Waals surface area contributed by atoms with Gasteiger partial charge in [0.25, 0.3) is 0 Å². The van der Waals surface area contributed by atoms with Crippen LogP contribution in [-0.4, -0.2) is 24.6 Å². The fraction of sp³-hybridized carbons (Fsp3) is 0.278. The summed E-state index contributed by atoms with van der Waals surface area (Å²) in [7, 11) is 1.83. The molecule has 0 N–H and O–H groups in total. The van der Waals surface area contributed by atoms with Gasteiger partial charge in [-0.2, -0.15) is 0 Å². The topological polar surface area (TPSA) is 38.8 Å². The van der Waals surface area contributed by atoms with Crippen LogP contribution in [0.25, 0.3) is 0 Å². The number of hydrogen-bond donors (Lipinski definition) is 0. The molecule has 0 aromatic heterocycles. The lowest BCUT2D eigenvalue weighted by Crippen LogP contribution is -2.30. The molecule has 2 aromatic rings. The normalized spacial score (nSPS) is 13.7. The van der Waals surface area contributed by atoms with Crippen molar-refractivity contribution in [2.24, 2.45) is 0 Å². The first-order valence-electron chi connectivity index (χ1n) is 7.34. The molecule has 0 saturated heterocycles. The van der Waals surface area contributed by atoms with Gasteiger partial charge in [-0.25, -0.2) is 0 Å². The Morgan fingerprint density at radius 1 is 1.14 bits per heavy atom. The van der Waals surface area contributed by atoms with E-state index in [1.165, 1.54) is 0 Å². The number of fused-ring (bicyclic) bond motifs is 1. The van der Waals surface area contributed by atoms with E-state index in [2.05, 4.69) is 0 Å². The quantitative estimate of drug-likeness (QED) is 0.870. The van der Waals surface area contributed by atoms with Crippen LogP contribution < -0.4 is 9.47 Å². The van der Waals surface area contributed by atoms with Crippen LogP contribution in [0.4, 0.5) is 0 Å². The van der Waals surface area contributed by atoms with E-state index in [1.54, 1.807) is 4.90 Å². The minimum atomic E-state index is -0.273. The van der Waals surface area contributed by atoms with Crippen LogP contribution in [0, 0.1) is 0 Å². The second-order valence-corrected chi connectivity index (χ2v) is 5.48. The minimum absolute atomic E-state index is 0.0627. The summed E-state index contributed by atoms with van der Waals surface area (Å²) in [6.07, 6.45) is 0. The van der Waals surface area contributed by atoms with Crippen LogP contribution in [0.15, 0.2) is 48.5 Å². The van der Waals surface area contributed by atoms with Crippen molar-refractivity contribution in [1.29, 1.82) is 0 Å². The van der Waals surface area contributed by atoms with Crippen LogP contribution >= 0.6 is 0 Å². The van der Waals surface area contributed by atoms with E-state index < -0.39 is 0 Å². The Kier molecular flexibility index (Phi) is 4.00. The van der Waals surface area contributed by atoms with Crippen LogP contribution in [0.2, 0.25) is 0 Å². The van der Waals surface area contributed by atoms with E-state index in [-0.39, 0.29) is 18.6 Å². The Labute approximate surface area is 130 Å². The van der Waals surface area contributed by atoms with Crippen LogP contribution in [0.3, 0.4) is 0 Å². The Hall–Kier alpha value is -2.49. The first kappa shape index (κ1) is 14.4. The number of para-hydroxylation sites is 1. The van der Waals surface area contributed by atoms with E-state index in [4.69, 9.17) is 9.47 Å². The molecule has 2 aromatic carbocycles. The Bertz CT molecular complexity index is 669. The lowest BCUT2D eigenvalue weighted by Gasteiger charge is -2.22.